The van der Waals surface area contributed by atoms with E-state index in [-0.39, 0.29) is 5.91 Å². The van der Waals surface area contributed by atoms with Crippen molar-refractivity contribution in [2.75, 3.05) is 11.9 Å². The van der Waals surface area contributed by atoms with Crippen LogP contribution in [0.15, 0.2) is 18.2 Å². The second kappa shape index (κ2) is 3.98. The highest BCUT2D eigenvalue weighted by atomic mass is 16.2. The quantitative estimate of drug-likeness (QED) is 0.672. The Morgan fingerprint density at radius 2 is 2.05 bits per heavy atom. The monoisotopic (exact) mass is 259 g/mol. The zero-order chi connectivity index (χ0) is 13.6. The number of rotatable bonds is 1. The summed E-state index contributed by atoms with van der Waals surface area (Å²) in [6.07, 6.45) is 0.569. The van der Waals surface area contributed by atoms with E-state index < -0.39 is 11.6 Å². The van der Waals surface area contributed by atoms with E-state index in [0.717, 1.165) is 11.3 Å². The zero-order valence-corrected chi connectivity index (χ0v) is 11.0. The van der Waals surface area contributed by atoms with Gasteiger partial charge in [-0.15, -0.1) is 0 Å². The van der Waals surface area contributed by atoms with E-state index in [0.29, 0.717) is 18.9 Å². The van der Waals surface area contributed by atoms with Crippen molar-refractivity contribution in [3.63, 3.8) is 0 Å². The fourth-order valence-corrected chi connectivity index (χ4v) is 2.97. The molecular weight excluding hydrogens is 242 g/mol. The minimum Gasteiger partial charge on any atom is -0.384 e. The van der Waals surface area contributed by atoms with Gasteiger partial charge in [-0.25, -0.2) is 4.79 Å². The predicted molar refractivity (Wildman–Crippen MR) is 72.0 cm³/mol. The molecule has 0 bridgehead atoms. The molecule has 3 rings (SSSR count). The minimum atomic E-state index is -0.900. The van der Waals surface area contributed by atoms with E-state index in [2.05, 4.69) is 35.9 Å². The summed E-state index contributed by atoms with van der Waals surface area (Å²) in [7, 11) is 0. The number of para-hydroxylation sites is 1. The lowest BCUT2D eigenvalue weighted by atomic mass is 9.80. The van der Waals surface area contributed by atoms with Gasteiger partial charge in [-0.1, -0.05) is 32.0 Å². The molecule has 0 radical (unpaired) electrons. The van der Waals surface area contributed by atoms with Crippen LogP contribution in [0, 0.1) is 0 Å². The van der Waals surface area contributed by atoms with E-state index in [1.807, 2.05) is 12.1 Å². The Morgan fingerprint density at radius 3 is 2.68 bits per heavy atom. The summed E-state index contributed by atoms with van der Waals surface area (Å²) >= 11 is 0. The lowest BCUT2D eigenvalue weighted by molar-refractivity contribution is -0.124. The molecule has 5 nitrogen and oxygen atoms in total. The van der Waals surface area contributed by atoms with Crippen molar-refractivity contribution in [1.29, 1.82) is 0 Å². The van der Waals surface area contributed by atoms with Gasteiger partial charge in [-0.05, 0) is 11.5 Å². The van der Waals surface area contributed by atoms with Crippen LogP contribution < -0.4 is 16.0 Å². The van der Waals surface area contributed by atoms with Crippen molar-refractivity contribution < 1.29 is 9.59 Å². The third-order valence-electron chi connectivity index (χ3n) is 3.92. The van der Waals surface area contributed by atoms with Gasteiger partial charge in [0.1, 0.15) is 5.54 Å². The van der Waals surface area contributed by atoms with Crippen LogP contribution in [0.3, 0.4) is 0 Å². The lowest BCUT2D eigenvalue weighted by Gasteiger charge is -2.35. The molecule has 2 aliphatic heterocycles. The molecule has 1 spiro atoms. The molecular formula is C14H17N3O2. The zero-order valence-electron chi connectivity index (χ0n) is 11.0. The van der Waals surface area contributed by atoms with E-state index >= 15 is 0 Å². The van der Waals surface area contributed by atoms with Crippen LogP contribution in [0.5, 0.6) is 0 Å². The largest absolute Gasteiger partial charge is 0.384 e. The van der Waals surface area contributed by atoms with Gasteiger partial charge in [0.2, 0.25) is 0 Å². The van der Waals surface area contributed by atoms with Gasteiger partial charge in [-0.3, -0.25) is 10.1 Å². The molecule has 1 atom stereocenters. The number of carbonyl (C=O) groups is 2. The Kier molecular flexibility index (Phi) is 2.52. The van der Waals surface area contributed by atoms with Gasteiger partial charge in [0.25, 0.3) is 5.91 Å². The minimum absolute atomic E-state index is 0.249. The van der Waals surface area contributed by atoms with Crippen molar-refractivity contribution in [2.45, 2.75) is 31.7 Å². The number of hydrogen-bond acceptors (Lipinski definition) is 3. The Morgan fingerprint density at radius 1 is 1.26 bits per heavy atom. The normalized spacial score (nSPS) is 25.0. The second-order valence-corrected chi connectivity index (χ2v) is 5.41. The summed E-state index contributed by atoms with van der Waals surface area (Å²) < 4.78 is 0. The SMILES string of the molecule is CC(C)c1cccc2c1NCCC21NC(=O)NC1=O. The first-order valence-electron chi connectivity index (χ1n) is 6.55. The predicted octanol–water partition coefficient (Wildman–Crippen LogP) is 1.66. The molecule has 5 heteroatoms. The van der Waals surface area contributed by atoms with Crippen LogP contribution in [0.1, 0.15) is 37.3 Å². The molecule has 0 saturated carbocycles. The fraction of sp³-hybridized carbons (Fsp3) is 0.429. The van der Waals surface area contributed by atoms with Crippen molar-refractivity contribution >= 4 is 17.6 Å². The molecule has 3 N–H and O–H groups in total. The summed E-state index contributed by atoms with van der Waals surface area (Å²) in [6.45, 7) is 4.90. The maximum Gasteiger partial charge on any atom is 0.322 e. The lowest BCUT2D eigenvalue weighted by Crippen LogP contribution is -2.48. The third kappa shape index (κ3) is 1.61. The summed E-state index contributed by atoms with van der Waals surface area (Å²) in [6, 6.07) is 5.51. The van der Waals surface area contributed by atoms with Crippen LogP contribution in [0.4, 0.5) is 10.5 Å². The molecule has 3 amide bonds. The van der Waals surface area contributed by atoms with Crippen LogP contribution in [0.2, 0.25) is 0 Å². The van der Waals surface area contributed by atoms with Crippen LogP contribution in [-0.4, -0.2) is 18.5 Å². The highest BCUT2D eigenvalue weighted by molar-refractivity contribution is 6.08. The number of amides is 3. The first-order chi connectivity index (χ1) is 9.04. The molecule has 1 unspecified atom stereocenters. The molecule has 0 aliphatic carbocycles. The van der Waals surface area contributed by atoms with Crippen LogP contribution >= 0.6 is 0 Å². The average Bonchev–Trinajstić information content (AvgIpc) is 2.64. The van der Waals surface area contributed by atoms with E-state index in [1.54, 1.807) is 0 Å². The second-order valence-electron chi connectivity index (χ2n) is 5.41. The van der Waals surface area contributed by atoms with Gasteiger partial charge in [0.15, 0.2) is 0 Å². The maximum atomic E-state index is 12.2. The Labute approximate surface area is 111 Å². The summed E-state index contributed by atoms with van der Waals surface area (Å²) in [4.78, 5) is 23.7. The summed E-state index contributed by atoms with van der Waals surface area (Å²) in [5, 5.41) is 8.52. The van der Waals surface area contributed by atoms with Crippen LogP contribution in [0.25, 0.3) is 0 Å². The van der Waals surface area contributed by atoms with Crippen molar-refractivity contribution in [1.82, 2.24) is 10.6 Å². The number of anilines is 1. The Balaban J connectivity index is 2.18. The van der Waals surface area contributed by atoms with Crippen molar-refractivity contribution in [3.05, 3.63) is 29.3 Å². The van der Waals surface area contributed by atoms with Crippen LogP contribution in [-0.2, 0) is 10.3 Å². The molecule has 19 heavy (non-hydrogen) atoms. The number of carbonyl (C=O) groups excluding carboxylic acids is 2. The van der Waals surface area contributed by atoms with E-state index in [1.165, 1.54) is 5.56 Å². The highest BCUT2D eigenvalue weighted by Gasteiger charge is 2.50. The summed E-state index contributed by atoms with van der Waals surface area (Å²) in [5.74, 6) is 0.110. The first-order valence-corrected chi connectivity index (χ1v) is 6.55. The standard InChI is InChI=1S/C14H17N3O2/c1-8(2)9-4-3-5-10-11(9)15-7-6-14(10)12(18)16-13(19)17-14/h3-5,8,15H,6-7H2,1-2H3,(H2,16,17,18,19). The summed E-state index contributed by atoms with van der Waals surface area (Å²) in [5.41, 5.74) is 2.13. The Hall–Kier alpha value is -2.04. The molecule has 1 saturated heterocycles. The van der Waals surface area contributed by atoms with Gasteiger partial charge in [0, 0.05) is 24.2 Å². The molecule has 100 valence electrons. The number of urea groups is 1. The van der Waals surface area contributed by atoms with Crippen molar-refractivity contribution in [3.8, 4) is 0 Å². The fourth-order valence-electron chi connectivity index (χ4n) is 2.97. The molecule has 1 aromatic carbocycles. The number of fused-ring (bicyclic) bond motifs is 2. The van der Waals surface area contributed by atoms with E-state index in [4.69, 9.17) is 0 Å². The molecule has 1 aromatic rings. The number of hydrogen-bond donors (Lipinski definition) is 3. The molecule has 2 aliphatic rings. The molecule has 1 fully saturated rings. The van der Waals surface area contributed by atoms with Gasteiger partial charge >= 0.3 is 6.03 Å². The first kappa shape index (κ1) is 12.0. The molecule has 0 aromatic heterocycles. The molecule has 2 heterocycles. The average molecular weight is 259 g/mol. The van der Waals surface area contributed by atoms with Gasteiger partial charge in [0.05, 0.1) is 0 Å². The smallest absolute Gasteiger partial charge is 0.322 e. The van der Waals surface area contributed by atoms with Crippen molar-refractivity contribution in [2.24, 2.45) is 0 Å². The van der Waals surface area contributed by atoms with Gasteiger partial charge < -0.3 is 10.6 Å². The Bertz CT molecular complexity index is 568. The van der Waals surface area contributed by atoms with E-state index in [9.17, 15) is 9.59 Å². The van der Waals surface area contributed by atoms with Gasteiger partial charge in [-0.2, -0.15) is 0 Å². The number of nitrogens with one attached hydrogen (secondary N) is 3. The number of imide groups is 1. The number of benzene rings is 1. The highest BCUT2D eigenvalue weighted by Crippen LogP contribution is 2.40. The maximum absolute atomic E-state index is 12.2. The topological polar surface area (TPSA) is 70.2 Å². The third-order valence-corrected chi connectivity index (χ3v) is 3.92.